The third-order valence-electron chi connectivity index (χ3n) is 3.25. The largest absolute Gasteiger partial charge is 0.378 e. The van der Waals surface area contributed by atoms with Gasteiger partial charge in [-0.15, -0.1) is 0 Å². The van der Waals surface area contributed by atoms with E-state index in [-0.39, 0.29) is 12.1 Å². The van der Waals surface area contributed by atoms with Gasteiger partial charge in [-0.25, -0.2) is 0 Å². The average molecular weight is 255 g/mol. The van der Waals surface area contributed by atoms with Gasteiger partial charge in [-0.3, -0.25) is 5.32 Å². The summed E-state index contributed by atoms with van der Waals surface area (Å²) in [7, 11) is 3.99. The lowest BCUT2D eigenvalue weighted by atomic mass is 10.1. The number of piperazine rings is 1. The van der Waals surface area contributed by atoms with Crippen LogP contribution in [0.3, 0.4) is 0 Å². The fraction of sp³-hybridized carbons (Fsp3) is 0.429. The van der Waals surface area contributed by atoms with Crippen molar-refractivity contribution in [3.8, 4) is 12.1 Å². The van der Waals surface area contributed by atoms with Crippen molar-refractivity contribution in [3.63, 3.8) is 0 Å². The van der Waals surface area contributed by atoms with Crippen LogP contribution in [-0.2, 0) is 0 Å². The minimum absolute atomic E-state index is 0.299. The van der Waals surface area contributed by atoms with Gasteiger partial charge in [0.15, 0.2) is 0 Å². The summed E-state index contributed by atoms with van der Waals surface area (Å²) in [5.74, 6) is 0. The van der Waals surface area contributed by atoms with Crippen molar-refractivity contribution in [2.24, 2.45) is 0 Å². The normalized spacial score (nSPS) is 22.4. The number of nitriles is 2. The van der Waals surface area contributed by atoms with Gasteiger partial charge in [0.05, 0.1) is 12.1 Å². The van der Waals surface area contributed by atoms with Crippen molar-refractivity contribution < 1.29 is 0 Å². The molecule has 1 aliphatic rings. The number of hydrogen-bond acceptors (Lipinski definition) is 5. The first kappa shape index (κ1) is 13.2. The van der Waals surface area contributed by atoms with Gasteiger partial charge in [0.2, 0.25) is 0 Å². The van der Waals surface area contributed by atoms with E-state index in [2.05, 4.69) is 22.4 Å². The predicted octanol–water partition coefficient (Wildman–Crippen LogP) is 0.947. The van der Waals surface area contributed by atoms with Crippen molar-refractivity contribution in [2.45, 2.75) is 12.1 Å². The molecule has 1 fully saturated rings. The van der Waals surface area contributed by atoms with Crippen molar-refractivity contribution in [1.82, 2.24) is 5.32 Å². The van der Waals surface area contributed by atoms with Crippen LogP contribution >= 0.6 is 0 Å². The molecule has 5 nitrogen and oxygen atoms in total. The molecule has 5 heteroatoms. The van der Waals surface area contributed by atoms with Crippen LogP contribution in [0.25, 0.3) is 0 Å². The standard InChI is InChI=1S/C14H17N5/c1-18(2)13-3-5-14(6-4-13)19-9-11(7-15)17-12(8-16)10-19/h3-6,11-12,17H,9-10H2,1-2H3. The number of rotatable bonds is 2. The molecule has 0 bridgehead atoms. The Bertz CT molecular complexity index is 486. The zero-order chi connectivity index (χ0) is 13.8. The molecule has 1 aromatic carbocycles. The minimum atomic E-state index is -0.299. The summed E-state index contributed by atoms with van der Waals surface area (Å²) < 4.78 is 0. The van der Waals surface area contributed by atoms with Gasteiger partial charge in [0.25, 0.3) is 0 Å². The van der Waals surface area contributed by atoms with Crippen molar-refractivity contribution in [1.29, 1.82) is 10.5 Å². The summed E-state index contributed by atoms with van der Waals surface area (Å²) in [6.45, 7) is 1.21. The maximum absolute atomic E-state index is 9.03. The Morgan fingerprint density at radius 1 is 1.11 bits per heavy atom. The van der Waals surface area contributed by atoms with Gasteiger partial charge < -0.3 is 9.80 Å². The van der Waals surface area contributed by atoms with Gasteiger partial charge in [-0.05, 0) is 24.3 Å². The Balaban J connectivity index is 2.16. The van der Waals surface area contributed by atoms with E-state index in [9.17, 15) is 0 Å². The first-order valence-electron chi connectivity index (χ1n) is 6.21. The highest BCUT2D eigenvalue weighted by Gasteiger charge is 2.26. The molecule has 1 heterocycles. The van der Waals surface area contributed by atoms with Gasteiger partial charge in [0.1, 0.15) is 12.1 Å². The Morgan fingerprint density at radius 2 is 1.63 bits per heavy atom. The highest BCUT2D eigenvalue weighted by atomic mass is 15.2. The molecule has 2 atom stereocenters. The third kappa shape index (κ3) is 2.96. The van der Waals surface area contributed by atoms with E-state index >= 15 is 0 Å². The molecular formula is C14H17N5. The zero-order valence-electron chi connectivity index (χ0n) is 11.2. The van der Waals surface area contributed by atoms with Crippen molar-refractivity contribution in [2.75, 3.05) is 37.0 Å². The molecule has 2 unspecified atom stereocenters. The van der Waals surface area contributed by atoms with Crippen LogP contribution in [0, 0.1) is 22.7 Å². The van der Waals surface area contributed by atoms with E-state index < -0.39 is 0 Å². The molecule has 19 heavy (non-hydrogen) atoms. The number of anilines is 2. The van der Waals surface area contributed by atoms with E-state index in [0.717, 1.165) is 11.4 Å². The summed E-state index contributed by atoms with van der Waals surface area (Å²) in [5.41, 5.74) is 2.18. The number of benzene rings is 1. The molecule has 0 spiro atoms. The van der Waals surface area contributed by atoms with E-state index in [0.29, 0.717) is 13.1 Å². The highest BCUT2D eigenvalue weighted by molar-refractivity contribution is 5.56. The Morgan fingerprint density at radius 3 is 2.05 bits per heavy atom. The second-order valence-corrected chi connectivity index (χ2v) is 4.85. The van der Waals surface area contributed by atoms with Crippen LogP contribution in [-0.4, -0.2) is 39.3 Å². The van der Waals surface area contributed by atoms with E-state index in [1.165, 1.54) is 0 Å². The molecule has 1 saturated heterocycles. The molecule has 1 aromatic rings. The van der Waals surface area contributed by atoms with Gasteiger partial charge in [-0.1, -0.05) is 0 Å². The molecule has 0 saturated carbocycles. The molecule has 1 aliphatic heterocycles. The molecule has 0 radical (unpaired) electrons. The smallest absolute Gasteiger partial charge is 0.114 e. The number of nitrogens with zero attached hydrogens (tertiary/aromatic N) is 4. The second-order valence-electron chi connectivity index (χ2n) is 4.85. The van der Waals surface area contributed by atoms with Gasteiger partial charge in [0, 0.05) is 38.6 Å². The maximum atomic E-state index is 9.03. The first-order chi connectivity index (χ1) is 9.13. The lowest BCUT2D eigenvalue weighted by Crippen LogP contribution is -2.55. The van der Waals surface area contributed by atoms with Gasteiger partial charge in [-0.2, -0.15) is 10.5 Å². The lowest BCUT2D eigenvalue weighted by Gasteiger charge is -2.35. The summed E-state index contributed by atoms with van der Waals surface area (Å²) >= 11 is 0. The second kappa shape index (κ2) is 5.60. The van der Waals surface area contributed by atoms with Gasteiger partial charge >= 0.3 is 0 Å². The monoisotopic (exact) mass is 255 g/mol. The summed E-state index contributed by atoms with van der Waals surface area (Å²) in [5, 5.41) is 21.1. The molecule has 0 aromatic heterocycles. The van der Waals surface area contributed by atoms with Crippen molar-refractivity contribution in [3.05, 3.63) is 24.3 Å². The lowest BCUT2D eigenvalue weighted by molar-refractivity contribution is 0.470. The fourth-order valence-electron chi connectivity index (χ4n) is 2.19. The molecule has 0 amide bonds. The van der Waals surface area contributed by atoms with Crippen LogP contribution in [0.5, 0.6) is 0 Å². The topological polar surface area (TPSA) is 66.1 Å². The Hall–Kier alpha value is -2.24. The zero-order valence-corrected chi connectivity index (χ0v) is 11.2. The van der Waals surface area contributed by atoms with Crippen LogP contribution < -0.4 is 15.1 Å². The van der Waals surface area contributed by atoms with E-state index in [1.807, 2.05) is 43.3 Å². The maximum Gasteiger partial charge on any atom is 0.114 e. The van der Waals surface area contributed by atoms with E-state index in [4.69, 9.17) is 10.5 Å². The number of hydrogen-bond donors (Lipinski definition) is 1. The molecular weight excluding hydrogens is 238 g/mol. The van der Waals surface area contributed by atoms with Crippen LogP contribution in [0.1, 0.15) is 0 Å². The quantitative estimate of drug-likeness (QED) is 0.852. The Kier molecular flexibility index (Phi) is 3.89. The van der Waals surface area contributed by atoms with E-state index in [1.54, 1.807) is 0 Å². The predicted molar refractivity (Wildman–Crippen MR) is 74.9 cm³/mol. The first-order valence-corrected chi connectivity index (χ1v) is 6.21. The van der Waals surface area contributed by atoms with Crippen molar-refractivity contribution >= 4 is 11.4 Å². The summed E-state index contributed by atoms with van der Waals surface area (Å²) in [4.78, 5) is 4.12. The summed E-state index contributed by atoms with van der Waals surface area (Å²) in [6, 6.07) is 11.9. The summed E-state index contributed by atoms with van der Waals surface area (Å²) in [6.07, 6.45) is 0. The van der Waals surface area contributed by atoms with Crippen LogP contribution in [0.2, 0.25) is 0 Å². The average Bonchev–Trinajstić information content (AvgIpc) is 2.46. The third-order valence-corrected chi connectivity index (χ3v) is 3.25. The molecule has 1 N–H and O–H groups in total. The number of nitrogens with one attached hydrogen (secondary N) is 1. The SMILES string of the molecule is CN(C)c1ccc(N2CC(C#N)NC(C#N)C2)cc1. The van der Waals surface area contributed by atoms with Crippen LogP contribution in [0.4, 0.5) is 11.4 Å². The minimum Gasteiger partial charge on any atom is -0.378 e. The van der Waals surface area contributed by atoms with Crippen LogP contribution in [0.15, 0.2) is 24.3 Å². The fourth-order valence-corrected chi connectivity index (χ4v) is 2.19. The Labute approximate surface area is 113 Å². The molecule has 0 aliphatic carbocycles. The molecule has 98 valence electrons. The molecule has 2 rings (SSSR count). The highest BCUT2D eigenvalue weighted by Crippen LogP contribution is 2.21.